The van der Waals surface area contributed by atoms with Crippen LogP contribution in [0.1, 0.15) is 39.5 Å². The van der Waals surface area contributed by atoms with Gasteiger partial charge in [-0.2, -0.15) is 0 Å². The standard InChI is InChI=1S/C16H24N2OS/c1-3-5-6-12(4-2)16(19)18-9-10-20-15-8-7-13(17)11-14(15)18/h7-8,11-12H,3-6,9-10,17H2,1-2H3. The molecule has 1 aliphatic heterocycles. The Kier molecular flexibility index (Phi) is 5.35. The monoisotopic (exact) mass is 292 g/mol. The van der Waals surface area contributed by atoms with E-state index >= 15 is 0 Å². The SMILES string of the molecule is CCCCC(CC)C(=O)N1CCSc2ccc(N)cc21. The second kappa shape index (κ2) is 7.02. The molecule has 2 rings (SSSR count). The molecule has 20 heavy (non-hydrogen) atoms. The van der Waals surface area contributed by atoms with E-state index in [2.05, 4.69) is 13.8 Å². The molecule has 1 aliphatic rings. The Bertz CT molecular complexity index is 476. The highest BCUT2D eigenvalue weighted by atomic mass is 32.2. The van der Waals surface area contributed by atoms with Crippen LogP contribution in [0.4, 0.5) is 11.4 Å². The minimum atomic E-state index is 0.146. The Morgan fingerprint density at radius 3 is 2.95 bits per heavy atom. The lowest BCUT2D eigenvalue weighted by Crippen LogP contribution is -2.39. The van der Waals surface area contributed by atoms with E-state index in [1.54, 1.807) is 11.8 Å². The number of nitrogens with two attached hydrogens (primary N) is 1. The van der Waals surface area contributed by atoms with Crippen molar-refractivity contribution in [3.05, 3.63) is 18.2 Å². The Morgan fingerprint density at radius 1 is 1.45 bits per heavy atom. The predicted molar refractivity (Wildman–Crippen MR) is 87.2 cm³/mol. The number of nitrogen functional groups attached to an aromatic ring is 1. The van der Waals surface area contributed by atoms with Gasteiger partial charge in [-0.1, -0.05) is 26.7 Å². The third kappa shape index (κ3) is 3.29. The maximum Gasteiger partial charge on any atom is 0.230 e. The first kappa shape index (κ1) is 15.2. The van der Waals surface area contributed by atoms with E-state index in [9.17, 15) is 4.79 Å². The van der Waals surface area contributed by atoms with Crippen LogP contribution >= 0.6 is 11.8 Å². The van der Waals surface area contributed by atoms with E-state index in [1.165, 1.54) is 4.90 Å². The number of unbranched alkanes of at least 4 members (excludes halogenated alkanes) is 1. The second-order valence-corrected chi connectivity index (χ2v) is 6.45. The van der Waals surface area contributed by atoms with Gasteiger partial charge in [0.15, 0.2) is 0 Å². The van der Waals surface area contributed by atoms with Crippen molar-refractivity contribution in [3.63, 3.8) is 0 Å². The zero-order valence-corrected chi connectivity index (χ0v) is 13.2. The Balaban J connectivity index is 2.21. The van der Waals surface area contributed by atoms with E-state index < -0.39 is 0 Å². The van der Waals surface area contributed by atoms with Gasteiger partial charge in [0.25, 0.3) is 0 Å². The zero-order valence-electron chi connectivity index (χ0n) is 12.4. The molecule has 0 aliphatic carbocycles. The van der Waals surface area contributed by atoms with Gasteiger partial charge >= 0.3 is 0 Å². The average Bonchev–Trinajstić information content (AvgIpc) is 2.47. The number of hydrogen-bond acceptors (Lipinski definition) is 3. The molecule has 0 spiro atoms. The fraction of sp³-hybridized carbons (Fsp3) is 0.562. The summed E-state index contributed by atoms with van der Waals surface area (Å²) in [6.45, 7) is 5.07. The smallest absolute Gasteiger partial charge is 0.230 e. The Hall–Kier alpha value is -1.16. The maximum atomic E-state index is 12.8. The molecular weight excluding hydrogens is 268 g/mol. The van der Waals surface area contributed by atoms with Crippen LogP contribution in [0.3, 0.4) is 0 Å². The summed E-state index contributed by atoms with van der Waals surface area (Å²) in [4.78, 5) is 15.9. The Morgan fingerprint density at radius 2 is 2.25 bits per heavy atom. The summed E-state index contributed by atoms with van der Waals surface area (Å²) in [5, 5.41) is 0. The van der Waals surface area contributed by atoms with E-state index in [1.807, 2.05) is 23.1 Å². The number of anilines is 2. The second-order valence-electron chi connectivity index (χ2n) is 5.31. The van der Waals surface area contributed by atoms with Crippen molar-refractivity contribution in [2.24, 2.45) is 5.92 Å². The van der Waals surface area contributed by atoms with E-state index in [-0.39, 0.29) is 11.8 Å². The van der Waals surface area contributed by atoms with E-state index in [4.69, 9.17) is 5.73 Å². The Labute approximate surface area is 125 Å². The van der Waals surface area contributed by atoms with Gasteiger partial charge in [-0.15, -0.1) is 11.8 Å². The van der Waals surface area contributed by atoms with Crippen LogP contribution in [0, 0.1) is 5.92 Å². The molecule has 1 aromatic rings. The van der Waals surface area contributed by atoms with Crippen LogP contribution in [0.2, 0.25) is 0 Å². The van der Waals surface area contributed by atoms with Crippen LogP contribution in [0.15, 0.2) is 23.1 Å². The van der Waals surface area contributed by atoms with E-state index in [0.717, 1.165) is 49.4 Å². The summed E-state index contributed by atoms with van der Waals surface area (Å²) >= 11 is 1.81. The highest BCUT2D eigenvalue weighted by Gasteiger charge is 2.27. The molecule has 110 valence electrons. The fourth-order valence-electron chi connectivity index (χ4n) is 2.64. The summed E-state index contributed by atoms with van der Waals surface area (Å²) < 4.78 is 0. The number of rotatable bonds is 5. The number of benzene rings is 1. The first-order valence-corrected chi connectivity index (χ1v) is 8.49. The van der Waals surface area contributed by atoms with Crippen molar-refractivity contribution < 1.29 is 4.79 Å². The molecule has 0 fully saturated rings. The van der Waals surface area contributed by atoms with Gasteiger partial charge < -0.3 is 10.6 Å². The lowest BCUT2D eigenvalue weighted by molar-refractivity contribution is -0.122. The van der Waals surface area contributed by atoms with Crippen molar-refractivity contribution in [1.82, 2.24) is 0 Å². The first-order valence-electron chi connectivity index (χ1n) is 7.51. The number of carbonyl (C=O) groups is 1. The molecule has 1 amide bonds. The largest absolute Gasteiger partial charge is 0.399 e. The highest BCUT2D eigenvalue weighted by Crippen LogP contribution is 2.37. The molecule has 1 heterocycles. The third-order valence-electron chi connectivity index (χ3n) is 3.86. The minimum Gasteiger partial charge on any atom is -0.399 e. The normalized spacial score (nSPS) is 15.8. The van der Waals surface area contributed by atoms with Crippen LogP contribution < -0.4 is 10.6 Å². The topological polar surface area (TPSA) is 46.3 Å². The number of amides is 1. The summed E-state index contributed by atoms with van der Waals surface area (Å²) in [7, 11) is 0. The summed E-state index contributed by atoms with van der Waals surface area (Å²) in [5.74, 6) is 1.38. The number of fused-ring (bicyclic) bond motifs is 1. The highest BCUT2D eigenvalue weighted by molar-refractivity contribution is 7.99. The predicted octanol–water partition coefficient (Wildman–Crippen LogP) is 3.92. The maximum absolute atomic E-state index is 12.8. The third-order valence-corrected chi connectivity index (χ3v) is 4.90. The van der Waals surface area contributed by atoms with Gasteiger partial charge in [0.1, 0.15) is 0 Å². The van der Waals surface area contributed by atoms with Gasteiger partial charge in [-0.25, -0.2) is 0 Å². The van der Waals surface area contributed by atoms with Crippen LogP contribution in [-0.2, 0) is 4.79 Å². The molecule has 0 aromatic heterocycles. The molecule has 1 atom stereocenters. The van der Waals surface area contributed by atoms with Crippen molar-refractivity contribution in [1.29, 1.82) is 0 Å². The van der Waals surface area contributed by atoms with Crippen molar-refractivity contribution >= 4 is 29.0 Å². The molecule has 1 unspecified atom stereocenters. The van der Waals surface area contributed by atoms with Gasteiger partial charge in [0, 0.05) is 28.8 Å². The summed E-state index contributed by atoms with van der Waals surface area (Å²) in [6, 6.07) is 5.88. The van der Waals surface area contributed by atoms with Crippen LogP contribution in [-0.4, -0.2) is 18.2 Å². The molecule has 3 nitrogen and oxygen atoms in total. The fourth-order valence-corrected chi connectivity index (χ4v) is 3.61. The van der Waals surface area contributed by atoms with Crippen molar-refractivity contribution in [2.75, 3.05) is 22.9 Å². The zero-order chi connectivity index (χ0) is 14.5. The lowest BCUT2D eigenvalue weighted by atomic mass is 9.97. The lowest BCUT2D eigenvalue weighted by Gasteiger charge is -2.32. The molecule has 0 saturated heterocycles. The number of hydrogen-bond donors (Lipinski definition) is 1. The molecular formula is C16H24N2OS. The minimum absolute atomic E-state index is 0.146. The molecule has 4 heteroatoms. The molecule has 2 N–H and O–H groups in total. The molecule has 0 saturated carbocycles. The van der Waals surface area contributed by atoms with Crippen molar-refractivity contribution in [3.8, 4) is 0 Å². The van der Waals surface area contributed by atoms with Gasteiger partial charge in [0.2, 0.25) is 5.91 Å². The van der Waals surface area contributed by atoms with Crippen molar-refractivity contribution in [2.45, 2.75) is 44.4 Å². The van der Waals surface area contributed by atoms with Gasteiger partial charge in [-0.3, -0.25) is 4.79 Å². The number of nitrogens with zero attached hydrogens (tertiary/aromatic N) is 1. The average molecular weight is 292 g/mol. The van der Waals surface area contributed by atoms with E-state index in [0.29, 0.717) is 0 Å². The summed E-state index contributed by atoms with van der Waals surface area (Å²) in [5.41, 5.74) is 7.61. The first-order chi connectivity index (χ1) is 9.67. The van der Waals surface area contributed by atoms with Crippen LogP contribution in [0.25, 0.3) is 0 Å². The molecule has 0 bridgehead atoms. The molecule has 1 aromatic carbocycles. The quantitative estimate of drug-likeness (QED) is 0.837. The molecule has 0 radical (unpaired) electrons. The van der Waals surface area contributed by atoms with Gasteiger partial charge in [-0.05, 0) is 31.0 Å². The van der Waals surface area contributed by atoms with Gasteiger partial charge in [0.05, 0.1) is 5.69 Å². The number of thioether (sulfide) groups is 1. The van der Waals surface area contributed by atoms with Crippen LogP contribution in [0.5, 0.6) is 0 Å². The number of carbonyl (C=O) groups excluding carboxylic acids is 1. The summed E-state index contributed by atoms with van der Waals surface area (Å²) in [6.07, 6.45) is 4.17.